The average molecular weight is 570 g/mol. The number of benzene rings is 2. The van der Waals surface area contributed by atoms with E-state index in [9.17, 15) is 14.7 Å². The van der Waals surface area contributed by atoms with E-state index in [1.54, 1.807) is 35.8 Å². The zero-order chi connectivity index (χ0) is 26.0. The molecular weight excluding hydrogens is 540 g/mol. The third-order valence-electron chi connectivity index (χ3n) is 6.08. The number of rotatable bonds is 7. The molecular formula is C28H29BrN2O4S. The van der Waals surface area contributed by atoms with E-state index < -0.39 is 12.0 Å². The van der Waals surface area contributed by atoms with Gasteiger partial charge in [-0.15, -0.1) is 0 Å². The van der Waals surface area contributed by atoms with Crippen molar-refractivity contribution in [3.8, 4) is 5.75 Å². The molecule has 0 aliphatic carbocycles. The van der Waals surface area contributed by atoms with E-state index in [2.05, 4.69) is 29.8 Å². The van der Waals surface area contributed by atoms with Gasteiger partial charge in [0.1, 0.15) is 5.75 Å². The molecule has 0 saturated carbocycles. The minimum absolute atomic E-state index is 0.127. The number of aromatic nitrogens is 1. The summed E-state index contributed by atoms with van der Waals surface area (Å²) in [6.07, 6.45) is 3.18. The molecule has 1 aromatic heterocycles. The standard InChI is InChI=1S/C28H29BrN2O4S/c1-5-7-21-24(27(34)35-6-2)25(19-11-9-18(10-12-19)16(3)4)31-26(33)23(36-28(31)30-21)15-17-8-13-22(32)20(29)14-17/h8-16,25,32H,5-7H2,1-4H3/b23-15-/t25-/m0/s1. The van der Waals surface area contributed by atoms with E-state index in [1.807, 2.05) is 31.2 Å². The van der Waals surface area contributed by atoms with Crippen LogP contribution < -0.4 is 14.9 Å². The van der Waals surface area contributed by atoms with Gasteiger partial charge in [0.15, 0.2) is 4.80 Å². The number of hydrogen-bond donors (Lipinski definition) is 1. The molecule has 36 heavy (non-hydrogen) atoms. The Morgan fingerprint density at radius 2 is 1.94 bits per heavy atom. The lowest BCUT2D eigenvalue weighted by molar-refractivity contribution is -0.139. The van der Waals surface area contributed by atoms with Gasteiger partial charge >= 0.3 is 5.97 Å². The van der Waals surface area contributed by atoms with E-state index in [4.69, 9.17) is 9.73 Å². The molecule has 0 spiro atoms. The van der Waals surface area contributed by atoms with Crippen molar-refractivity contribution < 1.29 is 14.6 Å². The van der Waals surface area contributed by atoms with Crippen molar-refractivity contribution in [1.82, 2.24) is 4.57 Å². The normalized spacial score (nSPS) is 15.7. The van der Waals surface area contributed by atoms with Crippen molar-refractivity contribution in [3.05, 3.63) is 94.6 Å². The van der Waals surface area contributed by atoms with Crippen molar-refractivity contribution >= 4 is 39.3 Å². The molecule has 0 radical (unpaired) electrons. The Morgan fingerprint density at radius 1 is 1.22 bits per heavy atom. The summed E-state index contributed by atoms with van der Waals surface area (Å²) in [4.78, 5) is 32.3. The van der Waals surface area contributed by atoms with Gasteiger partial charge in [0.05, 0.1) is 32.9 Å². The molecule has 2 heterocycles. The second-order valence-corrected chi connectivity index (χ2v) is 10.8. The van der Waals surface area contributed by atoms with Crippen LogP contribution in [-0.4, -0.2) is 22.2 Å². The Balaban J connectivity index is 1.97. The van der Waals surface area contributed by atoms with E-state index in [0.717, 1.165) is 17.5 Å². The predicted octanol–water partition coefficient (Wildman–Crippen LogP) is 5.17. The summed E-state index contributed by atoms with van der Waals surface area (Å²) in [5.41, 5.74) is 3.64. The highest BCUT2D eigenvalue weighted by molar-refractivity contribution is 9.10. The van der Waals surface area contributed by atoms with Crippen molar-refractivity contribution in [3.63, 3.8) is 0 Å². The number of fused-ring (bicyclic) bond motifs is 1. The van der Waals surface area contributed by atoms with Crippen molar-refractivity contribution in [2.24, 2.45) is 4.99 Å². The largest absolute Gasteiger partial charge is 0.507 e. The number of nitrogens with zero attached hydrogens (tertiary/aromatic N) is 2. The fourth-order valence-electron chi connectivity index (χ4n) is 4.26. The summed E-state index contributed by atoms with van der Waals surface area (Å²) in [7, 11) is 0. The van der Waals surface area contributed by atoms with Crippen LogP contribution in [0.25, 0.3) is 6.08 Å². The van der Waals surface area contributed by atoms with Gasteiger partial charge in [-0.1, -0.05) is 68.9 Å². The van der Waals surface area contributed by atoms with Crippen molar-refractivity contribution in [1.29, 1.82) is 0 Å². The van der Waals surface area contributed by atoms with Gasteiger partial charge < -0.3 is 9.84 Å². The monoisotopic (exact) mass is 568 g/mol. The lowest BCUT2D eigenvalue weighted by Crippen LogP contribution is -2.40. The van der Waals surface area contributed by atoms with Crippen LogP contribution in [0.4, 0.5) is 0 Å². The van der Waals surface area contributed by atoms with Gasteiger partial charge in [0, 0.05) is 0 Å². The number of hydrogen-bond acceptors (Lipinski definition) is 6. The minimum atomic E-state index is -0.628. The first-order valence-electron chi connectivity index (χ1n) is 12.0. The molecule has 0 amide bonds. The second-order valence-electron chi connectivity index (χ2n) is 8.95. The Bertz CT molecular complexity index is 1500. The lowest BCUT2D eigenvalue weighted by atomic mass is 9.92. The van der Waals surface area contributed by atoms with Crippen LogP contribution in [-0.2, 0) is 9.53 Å². The summed E-state index contributed by atoms with van der Waals surface area (Å²) < 4.78 is 8.10. The number of aromatic hydroxyl groups is 1. The van der Waals surface area contributed by atoms with E-state index >= 15 is 0 Å². The highest BCUT2D eigenvalue weighted by Crippen LogP contribution is 2.33. The van der Waals surface area contributed by atoms with Crippen LogP contribution in [0.2, 0.25) is 0 Å². The zero-order valence-corrected chi connectivity index (χ0v) is 23.1. The molecule has 0 saturated heterocycles. The molecule has 6 nitrogen and oxygen atoms in total. The maximum atomic E-state index is 13.8. The predicted molar refractivity (Wildman–Crippen MR) is 146 cm³/mol. The summed E-state index contributed by atoms with van der Waals surface area (Å²) in [5.74, 6) is 0.0440. The van der Waals surface area contributed by atoms with Crippen molar-refractivity contribution in [2.75, 3.05) is 6.61 Å². The Morgan fingerprint density at radius 3 is 2.56 bits per heavy atom. The molecule has 1 atom stereocenters. The first-order chi connectivity index (χ1) is 17.2. The fraction of sp³-hybridized carbons (Fsp3) is 0.321. The highest BCUT2D eigenvalue weighted by atomic mass is 79.9. The number of esters is 1. The van der Waals surface area contributed by atoms with E-state index in [1.165, 1.54) is 16.9 Å². The summed E-state index contributed by atoms with van der Waals surface area (Å²) in [5, 5.41) is 9.83. The maximum absolute atomic E-state index is 13.8. The van der Waals surface area contributed by atoms with E-state index in [-0.39, 0.29) is 17.9 Å². The van der Waals surface area contributed by atoms with Gasteiger partial charge in [-0.25, -0.2) is 9.79 Å². The number of halogens is 1. The first-order valence-corrected chi connectivity index (χ1v) is 13.7. The number of phenols is 1. The van der Waals surface area contributed by atoms with Crippen molar-refractivity contribution in [2.45, 2.75) is 52.5 Å². The maximum Gasteiger partial charge on any atom is 0.338 e. The Hall–Kier alpha value is -2.97. The molecule has 2 aromatic carbocycles. The Labute approximate surface area is 222 Å². The molecule has 1 N–H and O–H groups in total. The van der Waals surface area contributed by atoms with Crippen LogP contribution in [0, 0.1) is 0 Å². The molecule has 188 valence electrons. The number of thiazole rings is 1. The molecule has 0 fully saturated rings. The minimum Gasteiger partial charge on any atom is -0.507 e. The molecule has 0 bridgehead atoms. The van der Waals surface area contributed by atoms with Crippen LogP contribution in [0.3, 0.4) is 0 Å². The van der Waals surface area contributed by atoms with Crippen LogP contribution in [0.15, 0.2) is 68.0 Å². The molecule has 0 unspecified atom stereocenters. The number of phenolic OH excluding ortho intramolecular Hbond substituents is 1. The van der Waals surface area contributed by atoms with Crippen LogP contribution >= 0.6 is 27.3 Å². The number of carbonyl (C=O) groups is 1. The topological polar surface area (TPSA) is 80.9 Å². The molecule has 8 heteroatoms. The quantitative estimate of drug-likeness (QED) is 0.399. The van der Waals surface area contributed by atoms with Crippen LogP contribution in [0.5, 0.6) is 5.75 Å². The van der Waals surface area contributed by atoms with Gasteiger partial charge in [-0.05, 0) is 70.1 Å². The smallest absolute Gasteiger partial charge is 0.338 e. The zero-order valence-electron chi connectivity index (χ0n) is 20.7. The molecule has 1 aliphatic heterocycles. The number of ether oxygens (including phenoxy) is 1. The van der Waals surface area contributed by atoms with Gasteiger partial charge in [-0.2, -0.15) is 0 Å². The number of carbonyl (C=O) groups excluding carboxylic acids is 1. The third kappa shape index (κ3) is 5.11. The molecule has 1 aliphatic rings. The molecule has 4 rings (SSSR count). The van der Waals surface area contributed by atoms with Gasteiger partial charge in [0.2, 0.25) is 0 Å². The Kier molecular flexibility index (Phi) is 7.95. The third-order valence-corrected chi connectivity index (χ3v) is 7.70. The second kappa shape index (κ2) is 11.0. The van der Waals surface area contributed by atoms with E-state index in [0.29, 0.717) is 37.4 Å². The fourth-order valence-corrected chi connectivity index (χ4v) is 5.68. The molecule has 3 aromatic rings. The summed E-state index contributed by atoms with van der Waals surface area (Å²) >= 11 is 4.62. The average Bonchev–Trinajstić information content (AvgIpc) is 3.15. The van der Waals surface area contributed by atoms with Crippen LogP contribution in [0.1, 0.15) is 69.2 Å². The summed E-state index contributed by atoms with van der Waals surface area (Å²) in [6, 6.07) is 12.5. The highest BCUT2D eigenvalue weighted by Gasteiger charge is 2.34. The number of allylic oxidation sites excluding steroid dienone is 1. The SMILES string of the molecule is CCCC1=C(C(=O)OCC)[C@H](c2ccc(C(C)C)cc2)n2c(s/c(=C\c3ccc(O)c(Br)c3)c2=O)=N1. The van der Waals surface area contributed by atoms with Gasteiger partial charge in [0.25, 0.3) is 5.56 Å². The first kappa shape index (κ1) is 26.1. The van der Waals surface area contributed by atoms with Gasteiger partial charge in [-0.3, -0.25) is 9.36 Å². The lowest BCUT2D eigenvalue weighted by Gasteiger charge is -2.26. The summed E-state index contributed by atoms with van der Waals surface area (Å²) in [6.45, 7) is 8.30.